The third-order valence-electron chi connectivity index (χ3n) is 3.87. The van der Waals surface area contributed by atoms with Crippen LogP contribution < -0.4 is 15.2 Å². The summed E-state index contributed by atoms with van der Waals surface area (Å²) in [5.41, 5.74) is 6.04. The van der Waals surface area contributed by atoms with Crippen molar-refractivity contribution in [2.45, 2.75) is 26.3 Å². The van der Waals surface area contributed by atoms with Gasteiger partial charge in [-0.15, -0.1) is 12.4 Å². The SMILES string of the molecule is CCOc1ccccc1OCCN1CCC(N)C(C)C1.Cl. The number of halogens is 1. The zero-order chi connectivity index (χ0) is 14.4. The van der Waals surface area contributed by atoms with Gasteiger partial charge in [-0.05, 0) is 37.9 Å². The largest absolute Gasteiger partial charge is 0.490 e. The van der Waals surface area contributed by atoms with Crippen LogP contribution in [-0.2, 0) is 0 Å². The Morgan fingerprint density at radius 1 is 1.24 bits per heavy atom. The van der Waals surface area contributed by atoms with Gasteiger partial charge in [0, 0.05) is 19.1 Å². The lowest BCUT2D eigenvalue weighted by atomic mass is 9.95. The van der Waals surface area contributed by atoms with Crippen molar-refractivity contribution in [1.82, 2.24) is 4.90 Å². The van der Waals surface area contributed by atoms with Crippen LogP contribution in [0, 0.1) is 5.92 Å². The minimum Gasteiger partial charge on any atom is -0.490 e. The number of hydrogen-bond donors (Lipinski definition) is 1. The Hall–Kier alpha value is -0.970. The maximum Gasteiger partial charge on any atom is 0.161 e. The van der Waals surface area contributed by atoms with Crippen LogP contribution in [-0.4, -0.2) is 43.8 Å². The molecule has 21 heavy (non-hydrogen) atoms. The van der Waals surface area contributed by atoms with E-state index in [2.05, 4.69) is 11.8 Å². The van der Waals surface area contributed by atoms with E-state index in [4.69, 9.17) is 15.2 Å². The molecule has 0 saturated carbocycles. The maximum atomic E-state index is 6.04. The van der Waals surface area contributed by atoms with Gasteiger partial charge in [0.15, 0.2) is 11.5 Å². The molecule has 0 aromatic heterocycles. The van der Waals surface area contributed by atoms with Gasteiger partial charge in [-0.2, -0.15) is 0 Å². The van der Waals surface area contributed by atoms with E-state index in [1.54, 1.807) is 0 Å². The summed E-state index contributed by atoms with van der Waals surface area (Å²) in [6.45, 7) is 8.63. The summed E-state index contributed by atoms with van der Waals surface area (Å²) in [6.07, 6.45) is 1.08. The molecule has 1 aliphatic heterocycles. The first-order valence-corrected chi connectivity index (χ1v) is 7.53. The molecule has 2 unspecified atom stereocenters. The Kier molecular flexibility index (Phi) is 7.86. The van der Waals surface area contributed by atoms with Gasteiger partial charge in [-0.25, -0.2) is 0 Å². The lowest BCUT2D eigenvalue weighted by Gasteiger charge is -2.34. The summed E-state index contributed by atoms with van der Waals surface area (Å²) < 4.78 is 11.4. The fourth-order valence-corrected chi connectivity index (χ4v) is 2.58. The predicted molar refractivity (Wildman–Crippen MR) is 88.6 cm³/mol. The molecule has 0 bridgehead atoms. The predicted octanol–water partition coefficient (Wildman–Crippen LogP) is 2.56. The van der Waals surface area contributed by atoms with E-state index in [0.717, 1.165) is 37.6 Å². The van der Waals surface area contributed by atoms with Gasteiger partial charge < -0.3 is 15.2 Å². The van der Waals surface area contributed by atoms with Crippen LogP contribution in [0.3, 0.4) is 0 Å². The average Bonchev–Trinajstić information content (AvgIpc) is 2.45. The Balaban J connectivity index is 0.00000220. The highest BCUT2D eigenvalue weighted by Crippen LogP contribution is 2.26. The van der Waals surface area contributed by atoms with Gasteiger partial charge in [0.05, 0.1) is 6.61 Å². The van der Waals surface area contributed by atoms with Crippen LogP contribution in [0.2, 0.25) is 0 Å². The van der Waals surface area contributed by atoms with E-state index in [1.165, 1.54) is 0 Å². The molecule has 1 aromatic rings. The Morgan fingerprint density at radius 2 is 1.90 bits per heavy atom. The van der Waals surface area contributed by atoms with Gasteiger partial charge >= 0.3 is 0 Å². The number of hydrogen-bond acceptors (Lipinski definition) is 4. The standard InChI is InChI=1S/C16H26N2O2.ClH/c1-3-19-15-6-4-5-7-16(15)20-11-10-18-9-8-14(17)13(2)12-18;/h4-7,13-14H,3,8-12,17H2,1-2H3;1H. The number of para-hydroxylation sites is 2. The van der Waals surface area contributed by atoms with Crippen molar-refractivity contribution in [2.24, 2.45) is 11.7 Å². The lowest BCUT2D eigenvalue weighted by molar-refractivity contribution is 0.138. The molecule has 5 heteroatoms. The Morgan fingerprint density at radius 3 is 2.52 bits per heavy atom. The molecule has 0 spiro atoms. The van der Waals surface area contributed by atoms with Crippen LogP contribution in [0.5, 0.6) is 11.5 Å². The van der Waals surface area contributed by atoms with E-state index < -0.39 is 0 Å². The van der Waals surface area contributed by atoms with Crippen LogP contribution in [0.25, 0.3) is 0 Å². The van der Waals surface area contributed by atoms with Gasteiger partial charge in [0.2, 0.25) is 0 Å². The first-order chi connectivity index (χ1) is 9.70. The number of nitrogens with two attached hydrogens (primary N) is 1. The average molecular weight is 315 g/mol. The molecule has 0 aliphatic carbocycles. The molecule has 1 fully saturated rings. The number of ether oxygens (including phenoxy) is 2. The minimum absolute atomic E-state index is 0. The molecule has 1 saturated heterocycles. The van der Waals surface area contributed by atoms with Crippen LogP contribution in [0.15, 0.2) is 24.3 Å². The first kappa shape index (κ1) is 18.1. The molecule has 1 aliphatic rings. The van der Waals surface area contributed by atoms with Gasteiger partial charge in [0.1, 0.15) is 6.61 Å². The van der Waals surface area contributed by atoms with Gasteiger partial charge in [-0.3, -0.25) is 4.90 Å². The molecular formula is C16H27ClN2O2. The highest BCUT2D eigenvalue weighted by molar-refractivity contribution is 5.85. The zero-order valence-electron chi connectivity index (χ0n) is 13.0. The normalized spacial score (nSPS) is 22.4. The summed E-state index contributed by atoms with van der Waals surface area (Å²) in [4.78, 5) is 2.43. The number of likely N-dealkylation sites (tertiary alicyclic amines) is 1. The second-order valence-electron chi connectivity index (χ2n) is 5.46. The molecule has 4 nitrogen and oxygen atoms in total. The number of benzene rings is 1. The van der Waals surface area contributed by atoms with Crippen molar-refractivity contribution in [3.63, 3.8) is 0 Å². The van der Waals surface area contributed by atoms with Crippen LogP contribution in [0.1, 0.15) is 20.3 Å². The van der Waals surface area contributed by atoms with Crippen molar-refractivity contribution in [3.05, 3.63) is 24.3 Å². The maximum absolute atomic E-state index is 6.04. The quantitative estimate of drug-likeness (QED) is 0.876. The molecular weight excluding hydrogens is 288 g/mol. The molecule has 1 aromatic carbocycles. The second kappa shape index (κ2) is 9.13. The Bertz CT molecular complexity index is 417. The minimum atomic E-state index is 0. The third kappa shape index (κ3) is 5.38. The monoisotopic (exact) mass is 314 g/mol. The van der Waals surface area contributed by atoms with E-state index in [9.17, 15) is 0 Å². The molecule has 2 N–H and O–H groups in total. The number of rotatable bonds is 6. The van der Waals surface area contributed by atoms with Crippen molar-refractivity contribution in [1.29, 1.82) is 0 Å². The molecule has 0 radical (unpaired) electrons. The highest BCUT2D eigenvalue weighted by atomic mass is 35.5. The molecule has 1 heterocycles. The smallest absolute Gasteiger partial charge is 0.161 e. The zero-order valence-corrected chi connectivity index (χ0v) is 13.8. The summed E-state index contributed by atoms with van der Waals surface area (Å²) in [6, 6.07) is 8.19. The topological polar surface area (TPSA) is 47.7 Å². The summed E-state index contributed by atoms with van der Waals surface area (Å²) in [7, 11) is 0. The van der Waals surface area contributed by atoms with E-state index in [-0.39, 0.29) is 12.4 Å². The summed E-state index contributed by atoms with van der Waals surface area (Å²) in [5, 5.41) is 0. The fraction of sp³-hybridized carbons (Fsp3) is 0.625. The Labute approximate surface area is 134 Å². The summed E-state index contributed by atoms with van der Waals surface area (Å²) >= 11 is 0. The molecule has 120 valence electrons. The molecule has 2 atom stereocenters. The van der Waals surface area contributed by atoms with E-state index in [1.807, 2.05) is 31.2 Å². The summed E-state index contributed by atoms with van der Waals surface area (Å²) in [5.74, 6) is 2.22. The van der Waals surface area contributed by atoms with Crippen molar-refractivity contribution in [2.75, 3.05) is 32.8 Å². The van der Waals surface area contributed by atoms with Crippen molar-refractivity contribution < 1.29 is 9.47 Å². The van der Waals surface area contributed by atoms with Crippen LogP contribution in [0.4, 0.5) is 0 Å². The number of piperidine rings is 1. The molecule has 0 amide bonds. The molecule has 2 rings (SSSR count). The van der Waals surface area contributed by atoms with Gasteiger partial charge in [0.25, 0.3) is 0 Å². The third-order valence-corrected chi connectivity index (χ3v) is 3.87. The van der Waals surface area contributed by atoms with Crippen molar-refractivity contribution in [3.8, 4) is 11.5 Å². The van der Waals surface area contributed by atoms with Gasteiger partial charge in [-0.1, -0.05) is 19.1 Å². The van der Waals surface area contributed by atoms with E-state index >= 15 is 0 Å². The highest BCUT2D eigenvalue weighted by Gasteiger charge is 2.22. The van der Waals surface area contributed by atoms with Crippen molar-refractivity contribution >= 4 is 12.4 Å². The number of nitrogens with zero attached hydrogens (tertiary/aromatic N) is 1. The second-order valence-corrected chi connectivity index (χ2v) is 5.46. The van der Waals surface area contributed by atoms with E-state index in [0.29, 0.717) is 25.2 Å². The first-order valence-electron chi connectivity index (χ1n) is 7.53. The lowest BCUT2D eigenvalue weighted by Crippen LogP contribution is -2.46. The fourth-order valence-electron chi connectivity index (χ4n) is 2.58. The van der Waals surface area contributed by atoms with Crippen LogP contribution >= 0.6 is 12.4 Å².